The number of carbonyl (C=O) groups is 1. The summed E-state index contributed by atoms with van der Waals surface area (Å²) in [6, 6.07) is 6.43. The second-order valence-electron chi connectivity index (χ2n) is 3.64. The Labute approximate surface area is 96.3 Å². The van der Waals surface area contributed by atoms with Gasteiger partial charge in [0.2, 0.25) is 0 Å². The minimum atomic E-state index is -4.72. The largest absolute Gasteiger partial charge is 0.416 e. The van der Waals surface area contributed by atoms with Crippen molar-refractivity contribution in [1.82, 2.24) is 5.32 Å². The average Bonchev–Trinajstić information content (AvgIpc) is 2.24. The van der Waals surface area contributed by atoms with Crippen molar-refractivity contribution >= 4 is 5.91 Å². The predicted molar refractivity (Wildman–Crippen MR) is 55.6 cm³/mol. The number of amides is 1. The number of aliphatic hydroxyl groups excluding tert-OH is 1. The molecule has 1 atom stereocenters. The van der Waals surface area contributed by atoms with Gasteiger partial charge in [-0.05, 0) is 19.1 Å². The molecular formula is C11H12F3NO2. The molecule has 0 saturated carbocycles. The Morgan fingerprint density at radius 2 is 2.12 bits per heavy atom. The van der Waals surface area contributed by atoms with E-state index in [9.17, 15) is 18.0 Å². The van der Waals surface area contributed by atoms with Crippen LogP contribution in [-0.2, 0) is 0 Å². The van der Waals surface area contributed by atoms with Crippen LogP contribution >= 0.6 is 0 Å². The Balaban J connectivity index is 2.57. The van der Waals surface area contributed by atoms with Gasteiger partial charge in [0.15, 0.2) is 6.10 Å². The summed E-state index contributed by atoms with van der Waals surface area (Å²) in [6.07, 6.45) is -7.27. The Morgan fingerprint density at radius 1 is 1.47 bits per heavy atom. The SMILES string of the molecule is Cc1cccc(C(=O)NCC(O)C(F)(F)F)c1. The molecule has 0 heterocycles. The maximum absolute atomic E-state index is 12.0. The molecule has 0 bridgehead atoms. The first kappa shape index (κ1) is 13.5. The zero-order valence-corrected chi connectivity index (χ0v) is 9.08. The third-order valence-corrected chi connectivity index (χ3v) is 2.11. The van der Waals surface area contributed by atoms with E-state index in [0.717, 1.165) is 5.56 Å². The smallest absolute Gasteiger partial charge is 0.382 e. The number of rotatable bonds is 3. The van der Waals surface area contributed by atoms with Crippen LogP contribution in [0.5, 0.6) is 0 Å². The molecule has 6 heteroatoms. The zero-order chi connectivity index (χ0) is 13.1. The standard InChI is InChI=1S/C11H12F3NO2/c1-7-3-2-4-8(5-7)10(17)15-6-9(16)11(12,13)14/h2-5,9,16H,6H2,1H3,(H,15,17). The van der Waals surface area contributed by atoms with Gasteiger partial charge >= 0.3 is 6.18 Å². The summed E-state index contributed by atoms with van der Waals surface area (Å²) in [7, 11) is 0. The zero-order valence-electron chi connectivity index (χ0n) is 9.08. The minimum Gasteiger partial charge on any atom is -0.382 e. The molecule has 0 aliphatic carbocycles. The molecule has 0 aliphatic heterocycles. The number of hydrogen-bond donors (Lipinski definition) is 2. The lowest BCUT2D eigenvalue weighted by Gasteiger charge is -2.15. The first-order valence-corrected chi connectivity index (χ1v) is 4.90. The molecule has 2 N–H and O–H groups in total. The highest BCUT2D eigenvalue weighted by atomic mass is 19.4. The number of carbonyl (C=O) groups excluding carboxylic acids is 1. The fourth-order valence-corrected chi connectivity index (χ4v) is 1.19. The van der Waals surface area contributed by atoms with Crippen molar-refractivity contribution in [2.45, 2.75) is 19.2 Å². The van der Waals surface area contributed by atoms with Gasteiger partial charge in [-0.1, -0.05) is 17.7 Å². The van der Waals surface area contributed by atoms with E-state index in [4.69, 9.17) is 5.11 Å². The van der Waals surface area contributed by atoms with Crippen molar-refractivity contribution in [3.63, 3.8) is 0 Å². The van der Waals surface area contributed by atoms with Gasteiger partial charge in [-0.25, -0.2) is 0 Å². The van der Waals surface area contributed by atoms with Gasteiger partial charge in [-0.15, -0.1) is 0 Å². The lowest BCUT2D eigenvalue weighted by Crippen LogP contribution is -2.40. The lowest BCUT2D eigenvalue weighted by molar-refractivity contribution is -0.201. The van der Waals surface area contributed by atoms with Crippen LogP contribution in [0.2, 0.25) is 0 Å². The topological polar surface area (TPSA) is 49.3 Å². The van der Waals surface area contributed by atoms with Crippen LogP contribution in [0, 0.1) is 6.92 Å². The van der Waals surface area contributed by atoms with Crippen molar-refractivity contribution in [1.29, 1.82) is 0 Å². The first-order valence-electron chi connectivity index (χ1n) is 4.90. The van der Waals surface area contributed by atoms with Crippen molar-refractivity contribution in [3.8, 4) is 0 Å². The summed E-state index contributed by atoms with van der Waals surface area (Å²) < 4.78 is 35.9. The van der Waals surface area contributed by atoms with Gasteiger partial charge in [0.1, 0.15) is 0 Å². The van der Waals surface area contributed by atoms with E-state index in [1.54, 1.807) is 25.1 Å². The van der Waals surface area contributed by atoms with Crippen molar-refractivity contribution in [2.75, 3.05) is 6.54 Å². The molecule has 0 fully saturated rings. The van der Waals surface area contributed by atoms with Crippen LogP contribution in [0.25, 0.3) is 0 Å². The molecule has 0 aliphatic rings. The normalized spacial score (nSPS) is 13.2. The van der Waals surface area contributed by atoms with Crippen molar-refractivity contribution in [2.24, 2.45) is 0 Å². The molecule has 94 valence electrons. The maximum atomic E-state index is 12.0. The van der Waals surface area contributed by atoms with E-state index in [1.165, 1.54) is 6.07 Å². The highest BCUT2D eigenvalue weighted by Crippen LogP contribution is 2.19. The quantitative estimate of drug-likeness (QED) is 0.853. The predicted octanol–water partition coefficient (Wildman–Crippen LogP) is 1.65. The van der Waals surface area contributed by atoms with E-state index in [1.807, 2.05) is 5.32 Å². The second-order valence-corrected chi connectivity index (χ2v) is 3.64. The third-order valence-electron chi connectivity index (χ3n) is 2.11. The van der Waals surface area contributed by atoms with E-state index in [-0.39, 0.29) is 5.56 Å². The summed E-state index contributed by atoms with van der Waals surface area (Å²) >= 11 is 0. The molecule has 3 nitrogen and oxygen atoms in total. The van der Waals surface area contributed by atoms with E-state index in [2.05, 4.69) is 0 Å². The first-order chi connectivity index (χ1) is 7.80. The monoisotopic (exact) mass is 247 g/mol. The Hall–Kier alpha value is -1.56. The molecule has 1 aromatic rings. The van der Waals surface area contributed by atoms with Gasteiger partial charge in [0, 0.05) is 5.56 Å². The van der Waals surface area contributed by atoms with Gasteiger partial charge in [0.05, 0.1) is 6.54 Å². The summed E-state index contributed by atoms with van der Waals surface area (Å²) in [5.41, 5.74) is 1.09. The molecular weight excluding hydrogens is 235 g/mol. The second kappa shape index (κ2) is 5.18. The molecule has 0 radical (unpaired) electrons. The van der Waals surface area contributed by atoms with E-state index < -0.39 is 24.7 Å². The number of halogens is 3. The van der Waals surface area contributed by atoms with Crippen LogP contribution in [0.1, 0.15) is 15.9 Å². The number of hydrogen-bond acceptors (Lipinski definition) is 2. The fraction of sp³-hybridized carbons (Fsp3) is 0.364. The molecule has 1 aromatic carbocycles. The van der Waals surface area contributed by atoms with Crippen LogP contribution in [0.4, 0.5) is 13.2 Å². The Kier molecular flexibility index (Phi) is 4.11. The van der Waals surface area contributed by atoms with Crippen molar-refractivity contribution in [3.05, 3.63) is 35.4 Å². The number of alkyl halides is 3. The number of nitrogens with one attached hydrogen (secondary N) is 1. The third kappa shape index (κ3) is 4.07. The average molecular weight is 247 g/mol. The van der Waals surface area contributed by atoms with E-state index >= 15 is 0 Å². The Morgan fingerprint density at radius 3 is 2.65 bits per heavy atom. The molecule has 1 amide bonds. The Bertz CT molecular complexity index is 404. The molecule has 0 spiro atoms. The van der Waals surface area contributed by atoms with E-state index in [0.29, 0.717) is 0 Å². The minimum absolute atomic E-state index is 0.263. The van der Waals surface area contributed by atoms with Gasteiger partial charge in [-0.2, -0.15) is 13.2 Å². The van der Waals surface area contributed by atoms with Crippen molar-refractivity contribution < 1.29 is 23.1 Å². The number of aliphatic hydroxyl groups is 1. The molecule has 0 saturated heterocycles. The summed E-state index contributed by atoms with van der Waals surface area (Å²) in [5, 5.41) is 10.7. The van der Waals surface area contributed by atoms with Gasteiger partial charge in [0.25, 0.3) is 5.91 Å². The van der Waals surface area contributed by atoms with Gasteiger partial charge < -0.3 is 10.4 Å². The lowest BCUT2D eigenvalue weighted by atomic mass is 10.1. The van der Waals surface area contributed by atoms with Crippen LogP contribution in [-0.4, -0.2) is 29.8 Å². The maximum Gasteiger partial charge on any atom is 0.416 e. The number of benzene rings is 1. The number of aryl methyl sites for hydroxylation is 1. The van der Waals surface area contributed by atoms with Crippen LogP contribution in [0.15, 0.2) is 24.3 Å². The molecule has 1 unspecified atom stereocenters. The summed E-state index contributed by atoms with van der Waals surface area (Å²) in [5.74, 6) is -0.642. The highest BCUT2D eigenvalue weighted by Gasteiger charge is 2.38. The highest BCUT2D eigenvalue weighted by molar-refractivity contribution is 5.94. The van der Waals surface area contributed by atoms with Gasteiger partial charge in [-0.3, -0.25) is 4.79 Å². The summed E-state index contributed by atoms with van der Waals surface area (Å²) in [4.78, 5) is 11.4. The van der Waals surface area contributed by atoms with Crippen LogP contribution in [0.3, 0.4) is 0 Å². The molecule has 0 aromatic heterocycles. The fourth-order valence-electron chi connectivity index (χ4n) is 1.19. The van der Waals surface area contributed by atoms with Crippen LogP contribution < -0.4 is 5.32 Å². The summed E-state index contributed by atoms with van der Waals surface area (Å²) in [6.45, 7) is 0.914. The molecule has 17 heavy (non-hydrogen) atoms. The molecule has 1 rings (SSSR count).